The summed E-state index contributed by atoms with van der Waals surface area (Å²) in [5.41, 5.74) is 2.60. The third-order valence-electron chi connectivity index (χ3n) is 4.63. The molecule has 0 radical (unpaired) electrons. The number of aliphatic hydroxyl groups excluding tert-OH is 1. The second kappa shape index (κ2) is 5.35. The van der Waals surface area contributed by atoms with Crippen LogP contribution in [0.2, 0.25) is 0 Å². The van der Waals surface area contributed by atoms with Crippen molar-refractivity contribution in [3.05, 3.63) is 34.9 Å². The van der Waals surface area contributed by atoms with Gasteiger partial charge in [0.15, 0.2) is 0 Å². The van der Waals surface area contributed by atoms with Gasteiger partial charge in [0.05, 0.1) is 17.6 Å². The Labute approximate surface area is 116 Å². The lowest BCUT2D eigenvalue weighted by Gasteiger charge is -2.38. The van der Waals surface area contributed by atoms with Crippen LogP contribution in [0.15, 0.2) is 18.2 Å². The molecule has 0 aromatic heterocycles. The quantitative estimate of drug-likeness (QED) is 0.868. The maximum atomic E-state index is 10.7. The monoisotopic (exact) mass is 257 g/mol. The molecule has 1 aliphatic rings. The number of hydrogen-bond acceptors (Lipinski definition) is 2. The lowest BCUT2D eigenvalue weighted by molar-refractivity contribution is 0.0262. The van der Waals surface area contributed by atoms with Crippen LogP contribution in [-0.2, 0) is 0 Å². The van der Waals surface area contributed by atoms with Crippen molar-refractivity contribution in [2.45, 2.75) is 52.6 Å². The van der Waals surface area contributed by atoms with Gasteiger partial charge in [0, 0.05) is 0 Å². The van der Waals surface area contributed by atoms with E-state index in [9.17, 15) is 10.4 Å². The third-order valence-corrected chi connectivity index (χ3v) is 4.63. The standard InChI is InChI=1S/C17H23NO/c1-12-6-8-17(11-18,9-7-12)16(19)15-5-4-13(2)10-14(15)3/h4-5,10,12,16,19H,6-9H2,1-3H3. The molecule has 19 heavy (non-hydrogen) atoms. The van der Waals surface area contributed by atoms with Crippen LogP contribution < -0.4 is 0 Å². The van der Waals surface area contributed by atoms with Crippen molar-refractivity contribution < 1.29 is 5.11 Å². The van der Waals surface area contributed by atoms with Crippen LogP contribution in [0.5, 0.6) is 0 Å². The van der Waals surface area contributed by atoms with Crippen LogP contribution in [-0.4, -0.2) is 5.11 Å². The molecule has 0 bridgehead atoms. The van der Waals surface area contributed by atoms with E-state index in [2.05, 4.69) is 19.1 Å². The van der Waals surface area contributed by atoms with Crippen molar-refractivity contribution in [3.8, 4) is 6.07 Å². The van der Waals surface area contributed by atoms with Crippen LogP contribution in [0.25, 0.3) is 0 Å². The largest absolute Gasteiger partial charge is 0.387 e. The number of nitriles is 1. The highest BCUT2D eigenvalue weighted by Crippen LogP contribution is 2.47. The van der Waals surface area contributed by atoms with E-state index in [-0.39, 0.29) is 0 Å². The Morgan fingerprint density at radius 2 is 1.95 bits per heavy atom. The number of hydrogen-bond donors (Lipinski definition) is 1. The maximum absolute atomic E-state index is 10.7. The summed E-state index contributed by atoms with van der Waals surface area (Å²) in [6.45, 7) is 6.29. The van der Waals surface area contributed by atoms with Crippen LogP contribution in [0.4, 0.5) is 0 Å². The Morgan fingerprint density at radius 1 is 1.32 bits per heavy atom. The molecule has 1 aliphatic carbocycles. The fraction of sp³-hybridized carbons (Fsp3) is 0.588. The second-order valence-electron chi connectivity index (χ2n) is 6.21. The van der Waals surface area contributed by atoms with E-state index in [1.54, 1.807) is 0 Å². The van der Waals surface area contributed by atoms with E-state index in [1.165, 1.54) is 5.56 Å². The Kier molecular flexibility index (Phi) is 3.96. The van der Waals surface area contributed by atoms with Crippen molar-refractivity contribution >= 4 is 0 Å². The van der Waals surface area contributed by atoms with Gasteiger partial charge in [-0.2, -0.15) is 5.26 Å². The van der Waals surface area contributed by atoms with Crippen molar-refractivity contribution in [2.75, 3.05) is 0 Å². The molecule has 102 valence electrons. The predicted octanol–water partition coefficient (Wildman–Crippen LogP) is 4.06. The summed E-state index contributed by atoms with van der Waals surface area (Å²) < 4.78 is 0. The molecule has 0 saturated heterocycles. The van der Waals surface area contributed by atoms with E-state index in [4.69, 9.17) is 0 Å². The summed E-state index contributed by atoms with van der Waals surface area (Å²) >= 11 is 0. The molecule has 1 aromatic rings. The molecule has 1 N–H and O–H groups in total. The van der Waals surface area contributed by atoms with Gasteiger partial charge in [0.25, 0.3) is 0 Å². The first-order chi connectivity index (χ1) is 8.98. The van der Waals surface area contributed by atoms with Crippen LogP contribution in [0.3, 0.4) is 0 Å². The van der Waals surface area contributed by atoms with Crippen molar-refractivity contribution in [2.24, 2.45) is 11.3 Å². The Morgan fingerprint density at radius 3 is 2.47 bits per heavy atom. The Hall–Kier alpha value is -1.33. The van der Waals surface area contributed by atoms with Crippen molar-refractivity contribution in [1.29, 1.82) is 5.26 Å². The van der Waals surface area contributed by atoms with Crippen molar-refractivity contribution in [3.63, 3.8) is 0 Å². The molecule has 2 nitrogen and oxygen atoms in total. The lowest BCUT2D eigenvalue weighted by Crippen LogP contribution is -2.32. The third kappa shape index (κ3) is 2.67. The Balaban J connectivity index is 2.31. The average molecular weight is 257 g/mol. The predicted molar refractivity (Wildman–Crippen MR) is 76.6 cm³/mol. The number of aliphatic hydroxyl groups is 1. The van der Waals surface area contributed by atoms with E-state index >= 15 is 0 Å². The molecule has 1 unspecified atom stereocenters. The summed E-state index contributed by atoms with van der Waals surface area (Å²) in [6, 6.07) is 8.50. The zero-order valence-electron chi connectivity index (χ0n) is 12.1. The van der Waals surface area contributed by atoms with Gasteiger partial charge >= 0.3 is 0 Å². The van der Waals surface area contributed by atoms with E-state index < -0.39 is 11.5 Å². The zero-order valence-corrected chi connectivity index (χ0v) is 12.1. The molecule has 2 rings (SSSR count). The minimum Gasteiger partial charge on any atom is -0.387 e. The second-order valence-corrected chi connectivity index (χ2v) is 6.21. The van der Waals surface area contributed by atoms with Crippen LogP contribution >= 0.6 is 0 Å². The van der Waals surface area contributed by atoms with E-state index in [0.717, 1.165) is 36.8 Å². The highest BCUT2D eigenvalue weighted by atomic mass is 16.3. The number of nitrogens with zero attached hydrogens (tertiary/aromatic N) is 1. The van der Waals surface area contributed by atoms with Crippen LogP contribution in [0, 0.1) is 36.5 Å². The highest BCUT2D eigenvalue weighted by Gasteiger charge is 2.42. The minimum absolute atomic E-state index is 0.591. The van der Waals surface area contributed by atoms with Gasteiger partial charge < -0.3 is 5.11 Å². The summed E-state index contributed by atoms with van der Waals surface area (Å²) in [6.07, 6.45) is 3.02. The molecule has 0 heterocycles. The molecule has 0 spiro atoms. The molecular formula is C17H23NO. The summed E-state index contributed by atoms with van der Waals surface area (Å²) in [7, 11) is 0. The first kappa shape index (κ1) is 14.1. The topological polar surface area (TPSA) is 44.0 Å². The van der Waals surface area contributed by atoms with Gasteiger partial charge in [0.1, 0.15) is 0 Å². The molecule has 1 aromatic carbocycles. The molecule has 0 amide bonds. The van der Waals surface area contributed by atoms with Gasteiger partial charge in [-0.15, -0.1) is 0 Å². The Bertz CT molecular complexity index is 492. The summed E-state index contributed by atoms with van der Waals surface area (Å²) in [5, 5.41) is 20.3. The fourth-order valence-electron chi connectivity index (χ4n) is 3.15. The van der Waals surface area contributed by atoms with Gasteiger partial charge in [-0.1, -0.05) is 30.7 Å². The first-order valence-corrected chi connectivity index (χ1v) is 7.15. The number of rotatable bonds is 2. The fourth-order valence-corrected chi connectivity index (χ4v) is 3.15. The number of benzene rings is 1. The van der Waals surface area contributed by atoms with Gasteiger partial charge in [-0.25, -0.2) is 0 Å². The van der Waals surface area contributed by atoms with E-state index in [0.29, 0.717) is 5.92 Å². The SMILES string of the molecule is Cc1ccc(C(O)C2(C#N)CCC(C)CC2)c(C)c1. The normalized spacial score (nSPS) is 28.7. The van der Waals surface area contributed by atoms with Gasteiger partial charge in [0.2, 0.25) is 0 Å². The average Bonchev–Trinajstić information content (AvgIpc) is 2.39. The van der Waals surface area contributed by atoms with Crippen LogP contribution in [0.1, 0.15) is 55.4 Å². The van der Waals surface area contributed by atoms with E-state index in [1.807, 2.05) is 26.0 Å². The minimum atomic E-state index is -0.661. The smallest absolute Gasteiger partial charge is 0.0978 e. The molecule has 1 fully saturated rings. The van der Waals surface area contributed by atoms with Crippen molar-refractivity contribution in [1.82, 2.24) is 0 Å². The molecule has 2 heteroatoms. The summed E-state index contributed by atoms with van der Waals surface area (Å²) in [5.74, 6) is 0.674. The molecule has 1 atom stereocenters. The molecule has 0 aliphatic heterocycles. The molecule has 1 saturated carbocycles. The zero-order chi connectivity index (χ0) is 14.0. The maximum Gasteiger partial charge on any atom is 0.0978 e. The first-order valence-electron chi connectivity index (χ1n) is 7.15. The highest BCUT2D eigenvalue weighted by molar-refractivity contribution is 5.34. The van der Waals surface area contributed by atoms with Gasteiger partial charge in [-0.05, 0) is 56.6 Å². The lowest BCUT2D eigenvalue weighted by atomic mass is 9.66. The molecular weight excluding hydrogens is 234 g/mol. The van der Waals surface area contributed by atoms with Gasteiger partial charge in [-0.3, -0.25) is 0 Å². The summed E-state index contributed by atoms with van der Waals surface area (Å²) in [4.78, 5) is 0. The number of aryl methyl sites for hydroxylation is 2.